The molecule has 1 atom stereocenters. The largest absolute Gasteiger partial charge is 0.339 e. The molecule has 1 fully saturated rings. The molecule has 1 aliphatic rings. The molecule has 0 spiro atoms. The van der Waals surface area contributed by atoms with Crippen LogP contribution in [0.3, 0.4) is 0 Å². The lowest BCUT2D eigenvalue weighted by Gasteiger charge is -2.39. The van der Waals surface area contributed by atoms with Crippen molar-refractivity contribution in [3.05, 3.63) is 30.1 Å². The highest BCUT2D eigenvalue weighted by Gasteiger charge is 2.41. The Morgan fingerprint density at radius 1 is 1.26 bits per heavy atom. The third-order valence-electron chi connectivity index (χ3n) is 4.56. The number of benzene rings is 1. The average molecular weight is 320 g/mol. The van der Waals surface area contributed by atoms with Crippen molar-refractivity contribution in [1.29, 1.82) is 0 Å². The highest BCUT2D eigenvalue weighted by atomic mass is 19.1. The summed E-state index contributed by atoms with van der Waals surface area (Å²) >= 11 is 0. The minimum absolute atomic E-state index is 0.135. The summed E-state index contributed by atoms with van der Waals surface area (Å²) in [5.41, 5.74) is -0.665. The first-order valence-corrected chi connectivity index (χ1v) is 8.24. The van der Waals surface area contributed by atoms with Crippen LogP contribution in [0.4, 0.5) is 10.1 Å². The van der Waals surface area contributed by atoms with E-state index in [4.69, 9.17) is 0 Å². The molecule has 0 aliphatic carbocycles. The number of hydrogen-bond acceptors (Lipinski definition) is 2. The van der Waals surface area contributed by atoms with E-state index in [1.165, 1.54) is 24.3 Å². The smallest absolute Gasteiger partial charge is 0.239 e. The molecule has 1 saturated heterocycles. The van der Waals surface area contributed by atoms with Crippen LogP contribution in [-0.4, -0.2) is 29.3 Å². The van der Waals surface area contributed by atoms with E-state index in [-0.39, 0.29) is 23.7 Å². The van der Waals surface area contributed by atoms with Crippen molar-refractivity contribution in [3.63, 3.8) is 0 Å². The maximum atomic E-state index is 12.9. The third kappa shape index (κ3) is 3.89. The number of rotatable bonds is 4. The second-order valence-electron chi connectivity index (χ2n) is 6.64. The van der Waals surface area contributed by atoms with Gasteiger partial charge in [-0.15, -0.1) is 0 Å². The second-order valence-corrected chi connectivity index (χ2v) is 6.64. The number of carbonyl (C=O) groups excluding carboxylic acids is 2. The Hall–Kier alpha value is -1.91. The summed E-state index contributed by atoms with van der Waals surface area (Å²) in [6.07, 6.45) is 4.02. The van der Waals surface area contributed by atoms with Gasteiger partial charge in [-0.3, -0.25) is 9.59 Å². The van der Waals surface area contributed by atoms with E-state index < -0.39 is 5.41 Å². The zero-order chi connectivity index (χ0) is 17.0. The van der Waals surface area contributed by atoms with Crippen molar-refractivity contribution in [2.45, 2.75) is 52.5 Å². The van der Waals surface area contributed by atoms with Crippen molar-refractivity contribution in [1.82, 2.24) is 4.90 Å². The van der Waals surface area contributed by atoms with Crippen LogP contribution >= 0.6 is 0 Å². The van der Waals surface area contributed by atoms with Crippen molar-refractivity contribution in [3.8, 4) is 0 Å². The van der Waals surface area contributed by atoms with Gasteiger partial charge in [-0.05, 0) is 63.8 Å². The van der Waals surface area contributed by atoms with Crippen LogP contribution in [-0.2, 0) is 9.59 Å². The van der Waals surface area contributed by atoms with Crippen LogP contribution in [0.2, 0.25) is 0 Å². The molecular weight excluding hydrogens is 295 g/mol. The number of halogens is 1. The molecule has 1 heterocycles. The van der Waals surface area contributed by atoms with Gasteiger partial charge >= 0.3 is 0 Å². The summed E-state index contributed by atoms with van der Waals surface area (Å²) in [4.78, 5) is 27.3. The molecule has 23 heavy (non-hydrogen) atoms. The van der Waals surface area contributed by atoms with Gasteiger partial charge in [-0.25, -0.2) is 4.39 Å². The van der Waals surface area contributed by atoms with E-state index in [1.54, 1.807) is 13.8 Å². The van der Waals surface area contributed by atoms with Crippen LogP contribution in [0.5, 0.6) is 0 Å². The maximum Gasteiger partial charge on any atom is 0.239 e. The number of carbonyl (C=O) groups is 2. The number of amides is 2. The zero-order valence-corrected chi connectivity index (χ0v) is 14.1. The first kappa shape index (κ1) is 17.4. The molecule has 2 amide bonds. The number of anilines is 1. The molecule has 0 radical (unpaired) electrons. The van der Waals surface area contributed by atoms with E-state index in [1.807, 2.05) is 4.90 Å². The molecular formula is C18H25FN2O2. The predicted octanol–water partition coefficient (Wildman–Crippen LogP) is 3.58. The minimum Gasteiger partial charge on any atom is -0.339 e. The average Bonchev–Trinajstić information content (AvgIpc) is 2.56. The Kier molecular flexibility index (Phi) is 5.39. The second kappa shape index (κ2) is 7.11. The topological polar surface area (TPSA) is 49.4 Å². The molecule has 1 N–H and O–H groups in total. The summed E-state index contributed by atoms with van der Waals surface area (Å²) in [7, 11) is 0. The quantitative estimate of drug-likeness (QED) is 0.862. The van der Waals surface area contributed by atoms with Gasteiger partial charge in [-0.2, -0.15) is 0 Å². The van der Waals surface area contributed by atoms with Gasteiger partial charge in [0.25, 0.3) is 0 Å². The van der Waals surface area contributed by atoms with Gasteiger partial charge < -0.3 is 10.2 Å². The summed E-state index contributed by atoms with van der Waals surface area (Å²) in [6.45, 7) is 6.08. The Balaban J connectivity index is 2.10. The van der Waals surface area contributed by atoms with Crippen LogP contribution in [0.15, 0.2) is 24.3 Å². The highest BCUT2D eigenvalue weighted by molar-refractivity contribution is 6.09. The fourth-order valence-corrected chi connectivity index (χ4v) is 2.97. The molecule has 5 heteroatoms. The van der Waals surface area contributed by atoms with E-state index in [0.29, 0.717) is 12.2 Å². The molecule has 1 aliphatic heterocycles. The highest BCUT2D eigenvalue weighted by Crippen LogP contribution is 2.28. The predicted molar refractivity (Wildman–Crippen MR) is 88.5 cm³/mol. The fourth-order valence-electron chi connectivity index (χ4n) is 2.97. The SMILES string of the molecule is CCC1CCCCN1C(=O)C(C)(C)C(=O)Nc1ccc(F)cc1. The summed E-state index contributed by atoms with van der Waals surface area (Å²) in [5, 5.41) is 2.71. The Morgan fingerprint density at radius 3 is 2.52 bits per heavy atom. The Bertz CT molecular complexity index is 569. The van der Waals surface area contributed by atoms with Crippen molar-refractivity contribution < 1.29 is 14.0 Å². The molecule has 1 unspecified atom stereocenters. The number of piperidine rings is 1. The van der Waals surface area contributed by atoms with Gasteiger partial charge in [0.1, 0.15) is 11.2 Å². The van der Waals surface area contributed by atoms with E-state index in [2.05, 4.69) is 12.2 Å². The van der Waals surface area contributed by atoms with E-state index >= 15 is 0 Å². The monoisotopic (exact) mass is 320 g/mol. The first-order chi connectivity index (χ1) is 10.9. The first-order valence-electron chi connectivity index (χ1n) is 8.24. The van der Waals surface area contributed by atoms with Crippen molar-refractivity contribution >= 4 is 17.5 Å². The lowest BCUT2D eigenvalue weighted by Crippen LogP contribution is -2.52. The van der Waals surface area contributed by atoms with E-state index in [9.17, 15) is 14.0 Å². The van der Waals surface area contributed by atoms with Crippen molar-refractivity contribution in [2.75, 3.05) is 11.9 Å². The van der Waals surface area contributed by atoms with Crippen LogP contribution in [0.1, 0.15) is 46.5 Å². The molecule has 0 bridgehead atoms. The lowest BCUT2D eigenvalue weighted by atomic mass is 9.87. The third-order valence-corrected chi connectivity index (χ3v) is 4.56. The van der Waals surface area contributed by atoms with Crippen LogP contribution < -0.4 is 5.32 Å². The molecule has 1 aromatic rings. The molecule has 0 saturated carbocycles. The summed E-state index contributed by atoms with van der Waals surface area (Å²) in [6, 6.07) is 5.76. The lowest BCUT2D eigenvalue weighted by molar-refractivity contribution is -0.149. The van der Waals surface area contributed by atoms with Crippen molar-refractivity contribution in [2.24, 2.45) is 5.41 Å². The molecule has 126 valence electrons. The van der Waals surface area contributed by atoms with Gasteiger partial charge in [-0.1, -0.05) is 6.92 Å². The number of likely N-dealkylation sites (tertiary alicyclic amines) is 1. The fraction of sp³-hybridized carbons (Fsp3) is 0.556. The molecule has 2 rings (SSSR count). The van der Waals surface area contributed by atoms with Gasteiger partial charge in [0, 0.05) is 18.3 Å². The van der Waals surface area contributed by atoms with Crippen LogP contribution in [0.25, 0.3) is 0 Å². The summed E-state index contributed by atoms with van der Waals surface area (Å²) < 4.78 is 12.9. The molecule has 0 aromatic heterocycles. The van der Waals surface area contributed by atoms with Gasteiger partial charge in [0.05, 0.1) is 0 Å². The molecule has 4 nitrogen and oxygen atoms in total. The zero-order valence-electron chi connectivity index (χ0n) is 14.1. The minimum atomic E-state index is -1.15. The normalized spacial score (nSPS) is 18.6. The Morgan fingerprint density at radius 2 is 1.91 bits per heavy atom. The van der Waals surface area contributed by atoms with Crippen LogP contribution in [0, 0.1) is 11.2 Å². The van der Waals surface area contributed by atoms with Gasteiger partial charge in [0.15, 0.2) is 0 Å². The number of hydrogen-bond donors (Lipinski definition) is 1. The maximum absolute atomic E-state index is 12.9. The standard InChI is InChI=1S/C18H25FN2O2/c1-4-15-7-5-6-12-21(15)17(23)18(2,3)16(22)20-14-10-8-13(19)9-11-14/h8-11,15H,4-7,12H2,1-3H3,(H,20,22). The summed E-state index contributed by atoms with van der Waals surface area (Å²) in [5.74, 6) is -0.865. The van der Waals surface area contributed by atoms with Gasteiger partial charge in [0.2, 0.25) is 11.8 Å². The molecule has 1 aromatic carbocycles. The Labute approximate surface area is 137 Å². The number of nitrogens with zero attached hydrogens (tertiary/aromatic N) is 1. The van der Waals surface area contributed by atoms with E-state index in [0.717, 1.165) is 25.7 Å². The number of nitrogens with one attached hydrogen (secondary N) is 1.